The zero-order valence-electron chi connectivity index (χ0n) is 14.0. The Balaban J connectivity index is 1.66. The first-order valence-electron chi connectivity index (χ1n) is 8.34. The minimum absolute atomic E-state index is 0.349. The monoisotopic (exact) mass is 328 g/mol. The Morgan fingerprint density at radius 1 is 0.840 bits per heavy atom. The molecule has 2 nitrogen and oxygen atoms in total. The van der Waals surface area contributed by atoms with E-state index in [2.05, 4.69) is 6.58 Å². The van der Waals surface area contributed by atoms with Crippen LogP contribution in [0.25, 0.3) is 11.1 Å². The van der Waals surface area contributed by atoms with Gasteiger partial charge in [-0.15, -0.1) is 6.58 Å². The first kappa shape index (κ1) is 16.7. The Kier molecular flexibility index (Phi) is 5.43. The van der Waals surface area contributed by atoms with Gasteiger partial charge < -0.3 is 4.74 Å². The van der Waals surface area contributed by atoms with Gasteiger partial charge in [0, 0.05) is 0 Å². The van der Waals surface area contributed by atoms with Crippen LogP contribution in [0.3, 0.4) is 0 Å². The van der Waals surface area contributed by atoms with Gasteiger partial charge in [0.1, 0.15) is 5.75 Å². The van der Waals surface area contributed by atoms with Crippen LogP contribution in [0.4, 0.5) is 0 Å². The molecule has 0 atom stereocenters. The van der Waals surface area contributed by atoms with Crippen molar-refractivity contribution in [3.63, 3.8) is 0 Å². The van der Waals surface area contributed by atoms with Crippen LogP contribution in [0.5, 0.6) is 5.75 Å². The zero-order valence-corrected chi connectivity index (χ0v) is 14.0. The quantitative estimate of drug-likeness (QED) is 0.330. The molecule has 0 aliphatic rings. The maximum absolute atomic E-state index is 12.3. The van der Waals surface area contributed by atoms with Crippen molar-refractivity contribution in [2.45, 2.75) is 12.8 Å². The summed E-state index contributed by atoms with van der Waals surface area (Å²) in [7, 11) is 0. The Morgan fingerprint density at radius 3 is 2.12 bits per heavy atom. The topological polar surface area (TPSA) is 26.3 Å². The normalized spacial score (nSPS) is 10.2. The summed E-state index contributed by atoms with van der Waals surface area (Å²) in [4.78, 5) is 12.3. The van der Waals surface area contributed by atoms with Gasteiger partial charge in [0.05, 0.1) is 5.56 Å². The van der Waals surface area contributed by atoms with E-state index in [-0.39, 0.29) is 5.97 Å². The summed E-state index contributed by atoms with van der Waals surface area (Å²) in [6, 6.07) is 25.1. The molecule has 0 radical (unpaired) electrons. The van der Waals surface area contributed by atoms with Gasteiger partial charge in [-0.3, -0.25) is 0 Å². The Hall–Kier alpha value is -3.13. The number of hydrogen-bond acceptors (Lipinski definition) is 2. The SMILES string of the molecule is C=CCCc1ccc(OC(=O)c2ccc(-c3ccccc3)cc2)cc1. The Labute approximate surface area is 148 Å². The summed E-state index contributed by atoms with van der Waals surface area (Å²) in [5, 5.41) is 0. The van der Waals surface area contributed by atoms with E-state index in [1.807, 2.05) is 72.8 Å². The molecule has 0 amide bonds. The fourth-order valence-corrected chi connectivity index (χ4v) is 2.59. The largest absolute Gasteiger partial charge is 0.423 e. The summed E-state index contributed by atoms with van der Waals surface area (Å²) in [6.07, 6.45) is 3.78. The molecule has 124 valence electrons. The molecular weight excluding hydrogens is 308 g/mol. The smallest absolute Gasteiger partial charge is 0.343 e. The number of rotatable bonds is 6. The fraction of sp³-hybridized carbons (Fsp3) is 0.0870. The number of hydrogen-bond donors (Lipinski definition) is 0. The molecule has 0 unspecified atom stereocenters. The third-order valence-electron chi connectivity index (χ3n) is 4.00. The van der Waals surface area contributed by atoms with E-state index in [0.29, 0.717) is 11.3 Å². The van der Waals surface area contributed by atoms with Gasteiger partial charge in [-0.1, -0.05) is 60.7 Å². The summed E-state index contributed by atoms with van der Waals surface area (Å²) in [5.41, 5.74) is 3.93. The molecule has 0 aliphatic carbocycles. The van der Waals surface area contributed by atoms with Gasteiger partial charge in [0.15, 0.2) is 0 Å². The highest BCUT2D eigenvalue weighted by atomic mass is 16.5. The number of esters is 1. The standard InChI is InChI=1S/C23H20O2/c1-2-3-7-18-10-16-22(17-11-18)25-23(24)21-14-12-20(13-15-21)19-8-5-4-6-9-19/h2,4-6,8-17H,1,3,7H2. The van der Waals surface area contributed by atoms with Crippen molar-refractivity contribution in [3.8, 4) is 16.9 Å². The van der Waals surface area contributed by atoms with Crippen LogP contribution in [0.2, 0.25) is 0 Å². The summed E-state index contributed by atoms with van der Waals surface area (Å²) < 4.78 is 5.45. The molecule has 3 aromatic rings. The number of carbonyl (C=O) groups is 1. The minimum atomic E-state index is -0.349. The van der Waals surface area contributed by atoms with Crippen LogP contribution >= 0.6 is 0 Å². The van der Waals surface area contributed by atoms with Crippen molar-refractivity contribution in [1.29, 1.82) is 0 Å². The molecule has 0 heterocycles. The van der Waals surface area contributed by atoms with Crippen molar-refractivity contribution >= 4 is 5.97 Å². The van der Waals surface area contributed by atoms with Gasteiger partial charge in [-0.25, -0.2) is 4.79 Å². The third-order valence-corrected chi connectivity index (χ3v) is 4.00. The van der Waals surface area contributed by atoms with Crippen LogP contribution in [-0.4, -0.2) is 5.97 Å². The van der Waals surface area contributed by atoms with E-state index in [0.717, 1.165) is 24.0 Å². The number of carbonyl (C=O) groups excluding carboxylic acids is 1. The Morgan fingerprint density at radius 2 is 1.48 bits per heavy atom. The van der Waals surface area contributed by atoms with Gasteiger partial charge in [0.2, 0.25) is 0 Å². The van der Waals surface area contributed by atoms with Crippen molar-refractivity contribution in [2.75, 3.05) is 0 Å². The maximum Gasteiger partial charge on any atom is 0.343 e. The lowest BCUT2D eigenvalue weighted by molar-refractivity contribution is 0.0735. The molecular formula is C23H20O2. The van der Waals surface area contributed by atoms with Crippen LogP contribution in [0.15, 0.2) is 91.5 Å². The van der Waals surface area contributed by atoms with Gasteiger partial charge >= 0.3 is 5.97 Å². The van der Waals surface area contributed by atoms with Crippen molar-refractivity contribution in [2.24, 2.45) is 0 Å². The van der Waals surface area contributed by atoms with E-state index < -0.39 is 0 Å². The molecule has 0 aromatic heterocycles. The van der Waals surface area contributed by atoms with Crippen LogP contribution in [0, 0.1) is 0 Å². The van der Waals surface area contributed by atoms with E-state index >= 15 is 0 Å². The second-order valence-electron chi connectivity index (χ2n) is 5.80. The van der Waals surface area contributed by atoms with Crippen molar-refractivity contribution < 1.29 is 9.53 Å². The molecule has 0 saturated carbocycles. The minimum Gasteiger partial charge on any atom is -0.423 e. The highest BCUT2D eigenvalue weighted by Crippen LogP contribution is 2.20. The second kappa shape index (κ2) is 8.11. The summed E-state index contributed by atoms with van der Waals surface area (Å²) >= 11 is 0. The average Bonchev–Trinajstić information content (AvgIpc) is 2.68. The third kappa shape index (κ3) is 4.45. The number of allylic oxidation sites excluding steroid dienone is 1. The lowest BCUT2D eigenvalue weighted by atomic mass is 10.0. The van der Waals surface area contributed by atoms with Crippen LogP contribution < -0.4 is 4.74 Å². The molecule has 0 fully saturated rings. The molecule has 0 spiro atoms. The number of benzene rings is 3. The molecule has 3 rings (SSSR count). The van der Waals surface area contributed by atoms with E-state index in [1.54, 1.807) is 12.1 Å². The molecule has 25 heavy (non-hydrogen) atoms. The molecule has 3 aromatic carbocycles. The zero-order chi connectivity index (χ0) is 17.5. The number of aryl methyl sites for hydroxylation is 1. The predicted octanol–water partition coefficient (Wildman–Crippen LogP) is 5.69. The van der Waals surface area contributed by atoms with E-state index in [4.69, 9.17) is 4.74 Å². The molecule has 2 heteroatoms. The van der Waals surface area contributed by atoms with Gasteiger partial charge in [-0.2, -0.15) is 0 Å². The van der Waals surface area contributed by atoms with E-state index in [1.165, 1.54) is 5.56 Å². The van der Waals surface area contributed by atoms with Crippen LogP contribution in [-0.2, 0) is 6.42 Å². The molecule has 0 aliphatic heterocycles. The van der Waals surface area contributed by atoms with Gasteiger partial charge in [-0.05, 0) is 53.8 Å². The van der Waals surface area contributed by atoms with E-state index in [9.17, 15) is 4.79 Å². The van der Waals surface area contributed by atoms with Gasteiger partial charge in [0.25, 0.3) is 0 Å². The average molecular weight is 328 g/mol. The second-order valence-corrected chi connectivity index (χ2v) is 5.80. The first-order valence-corrected chi connectivity index (χ1v) is 8.34. The lowest BCUT2D eigenvalue weighted by Crippen LogP contribution is -2.08. The molecule has 0 bridgehead atoms. The fourth-order valence-electron chi connectivity index (χ4n) is 2.59. The lowest BCUT2D eigenvalue weighted by Gasteiger charge is -2.07. The number of ether oxygens (including phenoxy) is 1. The molecule has 0 saturated heterocycles. The summed E-state index contributed by atoms with van der Waals surface area (Å²) in [6.45, 7) is 3.72. The summed E-state index contributed by atoms with van der Waals surface area (Å²) in [5.74, 6) is 0.206. The highest BCUT2D eigenvalue weighted by Gasteiger charge is 2.09. The maximum atomic E-state index is 12.3. The first-order chi connectivity index (χ1) is 12.3. The van der Waals surface area contributed by atoms with Crippen LogP contribution in [0.1, 0.15) is 22.3 Å². The predicted molar refractivity (Wildman–Crippen MR) is 102 cm³/mol. The highest BCUT2D eigenvalue weighted by molar-refractivity contribution is 5.91. The Bertz CT molecular complexity index is 832. The molecule has 0 N–H and O–H groups in total. The van der Waals surface area contributed by atoms with Crippen molar-refractivity contribution in [3.05, 3.63) is 103 Å². The van der Waals surface area contributed by atoms with Crippen molar-refractivity contribution in [1.82, 2.24) is 0 Å².